The van der Waals surface area contributed by atoms with Crippen molar-refractivity contribution in [3.8, 4) is 0 Å². The molecular formula is C18H21BrFN3O2S. The summed E-state index contributed by atoms with van der Waals surface area (Å²) in [6, 6.07) is 12.8. The molecule has 0 radical (unpaired) electrons. The van der Waals surface area contributed by atoms with Gasteiger partial charge in [0.1, 0.15) is 5.82 Å². The fraction of sp³-hybridized carbons (Fsp3) is 0.278. The van der Waals surface area contributed by atoms with Crippen molar-refractivity contribution in [2.24, 2.45) is 4.99 Å². The quantitative estimate of drug-likeness (QED) is 0.552. The predicted octanol–water partition coefficient (Wildman–Crippen LogP) is 3.07. The van der Waals surface area contributed by atoms with Gasteiger partial charge in [0.2, 0.25) is 0 Å². The number of benzene rings is 2. The first-order valence-electron chi connectivity index (χ1n) is 7.96. The van der Waals surface area contributed by atoms with E-state index < -0.39 is 9.84 Å². The number of sulfone groups is 1. The minimum Gasteiger partial charge on any atom is -0.355 e. The number of nitrogens with one attached hydrogen (secondary N) is 1. The van der Waals surface area contributed by atoms with E-state index in [1.54, 1.807) is 43.4 Å². The Hall–Kier alpha value is -1.93. The second kappa shape index (κ2) is 9.14. The van der Waals surface area contributed by atoms with Crippen LogP contribution >= 0.6 is 15.9 Å². The van der Waals surface area contributed by atoms with Crippen LogP contribution in [-0.2, 0) is 16.4 Å². The molecule has 0 aliphatic heterocycles. The van der Waals surface area contributed by atoms with E-state index in [-0.39, 0.29) is 23.0 Å². The maximum atomic E-state index is 13.0. The van der Waals surface area contributed by atoms with Crippen molar-refractivity contribution >= 4 is 31.7 Å². The third kappa shape index (κ3) is 5.81. The van der Waals surface area contributed by atoms with Gasteiger partial charge in [0, 0.05) is 31.7 Å². The maximum Gasteiger partial charge on any atom is 0.193 e. The van der Waals surface area contributed by atoms with E-state index in [0.717, 1.165) is 10.0 Å². The summed E-state index contributed by atoms with van der Waals surface area (Å²) >= 11 is 3.29. The normalized spacial score (nSPS) is 12.1. The monoisotopic (exact) mass is 441 g/mol. The van der Waals surface area contributed by atoms with E-state index in [4.69, 9.17) is 0 Å². The maximum absolute atomic E-state index is 13.0. The second-order valence-corrected chi connectivity index (χ2v) is 8.75. The molecule has 0 aromatic heterocycles. The summed E-state index contributed by atoms with van der Waals surface area (Å²) in [5.74, 6) is 0.246. The molecule has 0 bridgehead atoms. The van der Waals surface area contributed by atoms with Crippen molar-refractivity contribution in [2.45, 2.75) is 11.4 Å². The first kappa shape index (κ1) is 20.4. The zero-order valence-electron chi connectivity index (χ0n) is 14.6. The van der Waals surface area contributed by atoms with Gasteiger partial charge in [0.25, 0.3) is 0 Å². The third-order valence-electron chi connectivity index (χ3n) is 3.73. The van der Waals surface area contributed by atoms with Gasteiger partial charge in [-0.1, -0.05) is 28.1 Å². The Balaban J connectivity index is 1.91. The van der Waals surface area contributed by atoms with Crippen molar-refractivity contribution < 1.29 is 12.8 Å². The lowest BCUT2D eigenvalue weighted by molar-refractivity contribution is 0.478. The van der Waals surface area contributed by atoms with Gasteiger partial charge in [-0.05, 0) is 42.0 Å². The number of aliphatic imine (C=N–C) groups is 1. The molecule has 26 heavy (non-hydrogen) atoms. The highest BCUT2D eigenvalue weighted by Gasteiger charge is 2.15. The minimum atomic E-state index is -3.37. The molecule has 1 N–H and O–H groups in total. The van der Waals surface area contributed by atoms with Crippen LogP contribution in [-0.4, -0.2) is 45.7 Å². The highest BCUT2D eigenvalue weighted by atomic mass is 79.9. The van der Waals surface area contributed by atoms with Crippen molar-refractivity contribution in [1.29, 1.82) is 0 Å². The largest absolute Gasteiger partial charge is 0.355 e. The van der Waals surface area contributed by atoms with E-state index in [9.17, 15) is 12.8 Å². The van der Waals surface area contributed by atoms with Crippen LogP contribution in [0.2, 0.25) is 0 Å². The summed E-state index contributed by atoms with van der Waals surface area (Å²) in [5.41, 5.74) is 0.930. The highest BCUT2D eigenvalue weighted by molar-refractivity contribution is 9.10. The third-order valence-corrected chi connectivity index (χ3v) is 5.99. The zero-order chi connectivity index (χ0) is 19.2. The van der Waals surface area contributed by atoms with Crippen molar-refractivity contribution in [1.82, 2.24) is 10.2 Å². The molecule has 0 spiro atoms. The molecule has 0 aliphatic carbocycles. The zero-order valence-corrected chi connectivity index (χ0v) is 17.0. The van der Waals surface area contributed by atoms with Crippen LogP contribution in [0.3, 0.4) is 0 Å². The molecule has 0 aliphatic rings. The molecule has 0 unspecified atom stereocenters. The van der Waals surface area contributed by atoms with Crippen LogP contribution in [0.4, 0.5) is 4.39 Å². The summed E-state index contributed by atoms with van der Waals surface area (Å²) in [6.45, 7) is 0.762. The fourth-order valence-corrected chi connectivity index (χ4v) is 3.80. The summed E-state index contributed by atoms with van der Waals surface area (Å²) in [5, 5.41) is 3.05. The number of halogens is 2. The molecule has 0 heterocycles. The average molecular weight is 442 g/mol. The molecule has 0 atom stereocenters. The van der Waals surface area contributed by atoms with E-state index in [0.29, 0.717) is 12.5 Å². The van der Waals surface area contributed by atoms with Gasteiger partial charge < -0.3 is 10.2 Å². The number of rotatable bonds is 6. The number of nitrogens with zero attached hydrogens (tertiary/aromatic N) is 2. The van der Waals surface area contributed by atoms with Crippen molar-refractivity contribution in [3.63, 3.8) is 0 Å². The van der Waals surface area contributed by atoms with Crippen molar-refractivity contribution in [3.05, 3.63) is 64.4 Å². The Morgan fingerprint density at radius 1 is 1.15 bits per heavy atom. The smallest absolute Gasteiger partial charge is 0.193 e. The minimum absolute atomic E-state index is 0.0436. The average Bonchev–Trinajstić information content (AvgIpc) is 2.61. The molecular weight excluding hydrogens is 421 g/mol. The van der Waals surface area contributed by atoms with E-state index in [1.165, 1.54) is 12.1 Å². The van der Waals surface area contributed by atoms with Gasteiger partial charge in [-0.3, -0.25) is 4.99 Å². The summed E-state index contributed by atoms with van der Waals surface area (Å²) in [4.78, 5) is 6.30. The van der Waals surface area contributed by atoms with Crippen LogP contribution in [0.25, 0.3) is 0 Å². The van der Waals surface area contributed by atoms with Gasteiger partial charge in [-0.25, -0.2) is 12.8 Å². The predicted molar refractivity (Wildman–Crippen MR) is 105 cm³/mol. The molecule has 0 fully saturated rings. The Labute approximate surface area is 162 Å². The number of guanidine groups is 1. The molecule has 2 aromatic rings. The van der Waals surface area contributed by atoms with E-state index in [1.807, 2.05) is 11.9 Å². The molecule has 2 aromatic carbocycles. The number of hydrogen-bond donors (Lipinski definition) is 1. The SMILES string of the molecule is CN=C(NCCS(=O)(=O)c1ccc(Br)cc1)N(C)Cc1ccc(F)cc1. The standard InChI is InChI=1S/C18H21BrFN3O2S/c1-21-18(23(2)13-14-3-7-16(20)8-4-14)22-11-12-26(24,25)17-9-5-15(19)6-10-17/h3-10H,11-13H2,1-2H3,(H,21,22). The molecule has 0 saturated heterocycles. The lowest BCUT2D eigenvalue weighted by Gasteiger charge is -2.22. The fourth-order valence-electron chi connectivity index (χ4n) is 2.38. The lowest BCUT2D eigenvalue weighted by atomic mass is 10.2. The Morgan fingerprint density at radius 2 is 1.77 bits per heavy atom. The molecule has 140 valence electrons. The van der Waals surface area contributed by atoms with Crippen LogP contribution in [0, 0.1) is 5.82 Å². The topological polar surface area (TPSA) is 61.8 Å². The summed E-state index contributed by atoms with van der Waals surface area (Å²) in [6.07, 6.45) is 0. The Kier molecular flexibility index (Phi) is 7.16. The number of hydrogen-bond acceptors (Lipinski definition) is 3. The molecule has 8 heteroatoms. The molecule has 0 saturated carbocycles. The highest BCUT2D eigenvalue weighted by Crippen LogP contribution is 2.15. The van der Waals surface area contributed by atoms with Gasteiger partial charge in [0.15, 0.2) is 15.8 Å². The second-order valence-electron chi connectivity index (χ2n) is 5.73. The van der Waals surface area contributed by atoms with Crippen molar-refractivity contribution in [2.75, 3.05) is 26.4 Å². The van der Waals surface area contributed by atoms with Crippen LogP contribution in [0.15, 0.2) is 62.9 Å². The van der Waals surface area contributed by atoms with Gasteiger partial charge >= 0.3 is 0 Å². The molecule has 2 rings (SSSR count). The van der Waals surface area contributed by atoms with Gasteiger partial charge in [0.05, 0.1) is 10.6 Å². The molecule has 5 nitrogen and oxygen atoms in total. The van der Waals surface area contributed by atoms with Crippen LogP contribution < -0.4 is 5.32 Å². The van der Waals surface area contributed by atoms with Gasteiger partial charge in [-0.2, -0.15) is 0 Å². The molecule has 0 amide bonds. The Morgan fingerprint density at radius 3 is 2.35 bits per heavy atom. The summed E-state index contributed by atoms with van der Waals surface area (Å²) in [7, 11) is 0.0981. The van der Waals surface area contributed by atoms with E-state index in [2.05, 4.69) is 26.2 Å². The summed E-state index contributed by atoms with van der Waals surface area (Å²) < 4.78 is 38.5. The first-order valence-corrected chi connectivity index (χ1v) is 10.4. The first-order chi connectivity index (χ1) is 12.3. The van der Waals surface area contributed by atoms with E-state index >= 15 is 0 Å². The Bertz CT molecular complexity index is 853. The van der Waals surface area contributed by atoms with Crippen LogP contribution in [0.5, 0.6) is 0 Å². The lowest BCUT2D eigenvalue weighted by Crippen LogP contribution is -2.40. The van der Waals surface area contributed by atoms with Crippen LogP contribution in [0.1, 0.15) is 5.56 Å². The van der Waals surface area contributed by atoms with Gasteiger partial charge in [-0.15, -0.1) is 0 Å².